The zero-order valence-electron chi connectivity index (χ0n) is 17.4. The molecule has 7 nitrogen and oxygen atoms in total. The molecular formula is C21H33N5O2. The van der Waals surface area contributed by atoms with Crippen LogP contribution in [0.4, 0.5) is 0 Å². The molecule has 2 aliphatic rings. The molecule has 0 saturated carbocycles. The molecule has 2 amide bonds. The summed E-state index contributed by atoms with van der Waals surface area (Å²) >= 11 is 0. The maximum Gasteiger partial charge on any atom is 0.247 e. The summed E-state index contributed by atoms with van der Waals surface area (Å²) in [7, 11) is 0. The van der Waals surface area contributed by atoms with Crippen molar-refractivity contribution in [3.05, 3.63) is 24.8 Å². The van der Waals surface area contributed by atoms with E-state index in [0.29, 0.717) is 38.3 Å². The van der Waals surface area contributed by atoms with Crippen molar-refractivity contribution in [2.45, 2.75) is 45.3 Å². The third-order valence-electron chi connectivity index (χ3n) is 5.74. The van der Waals surface area contributed by atoms with Crippen LogP contribution in [0.5, 0.6) is 0 Å². The third kappa shape index (κ3) is 5.66. The van der Waals surface area contributed by atoms with Gasteiger partial charge in [0.2, 0.25) is 11.8 Å². The van der Waals surface area contributed by atoms with Crippen molar-refractivity contribution in [3.63, 3.8) is 0 Å². The molecule has 0 aliphatic carbocycles. The Morgan fingerprint density at radius 1 is 1.07 bits per heavy atom. The summed E-state index contributed by atoms with van der Waals surface area (Å²) < 4.78 is 0. The van der Waals surface area contributed by atoms with E-state index in [1.165, 1.54) is 6.08 Å². The van der Waals surface area contributed by atoms with Crippen molar-refractivity contribution in [3.8, 4) is 6.07 Å². The van der Waals surface area contributed by atoms with Crippen LogP contribution in [0.25, 0.3) is 0 Å². The molecule has 0 aromatic rings. The van der Waals surface area contributed by atoms with E-state index in [0.717, 1.165) is 26.1 Å². The molecule has 2 aliphatic heterocycles. The standard InChI is InChI=1S/C21H33N5O2/c1-5-20(27)24-11-9-23(10-12-24)18(4)7-6-8-21(28)26-14-13-25(17(2)3)16-19(26)15-22/h5-6,8,17-19H,1,7,9-14,16H2,2-4H3/b8-6-/t18?,19-/m1/s1. The van der Waals surface area contributed by atoms with Crippen LogP contribution < -0.4 is 0 Å². The van der Waals surface area contributed by atoms with Gasteiger partial charge < -0.3 is 9.80 Å². The first-order valence-corrected chi connectivity index (χ1v) is 10.1. The van der Waals surface area contributed by atoms with E-state index < -0.39 is 0 Å². The fraction of sp³-hybridized carbons (Fsp3) is 0.667. The number of piperazine rings is 2. The number of carbonyl (C=O) groups is 2. The number of hydrogen-bond acceptors (Lipinski definition) is 5. The number of rotatable bonds is 6. The quantitative estimate of drug-likeness (QED) is 0.638. The molecule has 0 bridgehead atoms. The molecule has 2 fully saturated rings. The van der Waals surface area contributed by atoms with Gasteiger partial charge in [-0.05, 0) is 39.3 Å². The van der Waals surface area contributed by atoms with Crippen LogP contribution in [0.15, 0.2) is 24.8 Å². The summed E-state index contributed by atoms with van der Waals surface area (Å²) in [6.45, 7) is 15.0. The molecule has 2 rings (SSSR count). The highest BCUT2D eigenvalue weighted by atomic mass is 16.2. The Bertz CT molecular complexity index is 631. The fourth-order valence-corrected chi connectivity index (χ4v) is 3.77. The molecule has 2 saturated heterocycles. The van der Waals surface area contributed by atoms with Crippen LogP contribution in [0.2, 0.25) is 0 Å². The van der Waals surface area contributed by atoms with Gasteiger partial charge in [0.15, 0.2) is 0 Å². The summed E-state index contributed by atoms with van der Waals surface area (Å²) in [6.07, 6.45) is 5.66. The molecular weight excluding hydrogens is 354 g/mol. The van der Waals surface area contributed by atoms with Gasteiger partial charge in [0.25, 0.3) is 0 Å². The zero-order valence-corrected chi connectivity index (χ0v) is 17.4. The van der Waals surface area contributed by atoms with E-state index >= 15 is 0 Å². The Hall–Kier alpha value is -2.17. The number of amides is 2. The van der Waals surface area contributed by atoms with Gasteiger partial charge in [-0.1, -0.05) is 12.7 Å². The lowest BCUT2D eigenvalue weighted by molar-refractivity contribution is -0.130. The number of carbonyl (C=O) groups excluding carboxylic acids is 2. The molecule has 154 valence electrons. The van der Waals surface area contributed by atoms with Crippen LogP contribution in [0, 0.1) is 11.3 Å². The van der Waals surface area contributed by atoms with Gasteiger partial charge in [-0.2, -0.15) is 5.26 Å². The Labute approximate surface area is 168 Å². The predicted molar refractivity (Wildman–Crippen MR) is 109 cm³/mol. The Morgan fingerprint density at radius 2 is 1.71 bits per heavy atom. The van der Waals surface area contributed by atoms with E-state index in [-0.39, 0.29) is 17.9 Å². The minimum Gasteiger partial charge on any atom is -0.337 e. The molecule has 28 heavy (non-hydrogen) atoms. The van der Waals surface area contributed by atoms with Crippen LogP contribution in [0.1, 0.15) is 27.2 Å². The Morgan fingerprint density at radius 3 is 2.29 bits per heavy atom. The number of nitrogens with zero attached hydrogens (tertiary/aromatic N) is 5. The molecule has 0 N–H and O–H groups in total. The Kier molecular flexibility index (Phi) is 8.21. The first kappa shape index (κ1) is 22.1. The molecule has 0 aromatic heterocycles. The van der Waals surface area contributed by atoms with E-state index in [4.69, 9.17) is 0 Å². The van der Waals surface area contributed by atoms with Crippen LogP contribution in [-0.2, 0) is 9.59 Å². The van der Waals surface area contributed by atoms with Crippen molar-refractivity contribution >= 4 is 11.8 Å². The van der Waals surface area contributed by atoms with Gasteiger partial charge in [-0.15, -0.1) is 0 Å². The van der Waals surface area contributed by atoms with Crippen molar-refractivity contribution in [1.82, 2.24) is 19.6 Å². The van der Waals surface area contributed by atoms with E-state index in [2.05, 4.69) is 43.2 Å². The van der Waals surface area contributed by atoms with Crippen molar-refractivity contribution in [1.29, 1.82) is 5.26 Å². The molecule has 2 atom stereocenters. The minimum absolute atomic E-state index is 0.0117. The summed E-state index contributed by atoms with van der Waals surface area (Å²) in [5.74, 6) is -0.0917. The highest BCUT2D eigenvalue weighted by molar-refractivity contribution is 5.88. The van der Waals surface area contributed by atoms with Crippen LogP contribution >= 0.6 is 0 Å². The SMILES string of the molecule is C=CC(=O)N1CCN(C(C)C/C=C\C(=O)N2CCN(C(C)C)C[C@H]2C#N)CC1. The second-order valence-electron chi connectivity index (χ2n) is 7.82. The van der Waals surface area contributed by atoms with Gasteiger partial charge in [0.05, 0.1) is 6.07 Å². The average molecular weight is 388 g/mol. The lowest BCUT2D eigenvalue weighted by Gasteiger charge is -2.39. The minimum atomic E-state index is -0.388. The van der Waals surface area contributed by atoms with Crippen molar-refractivity contribution < 1.29 is 9.59 Å². The van der Waals surface area contributed by atoms with Crippen molar-refractivity contribution in [2.75, 3.05) is 45.8 Å². The fourth-order valence-electron chi connectivity index (χ4n) is 3.77. The van der Waals surface area contributed by atoms with E-state index in [1.54, 1.807) is 11.0 Å². The van der Waals surface area contributed by atoms with E-state index in [9.17, 15) is 14.9 Å². The number of nitriles is 1. The first-order valence-electron chi connectivity index (χ1n) is 10.1. The molecule has 2 heterocycles. The topological polar surface area (TPSA) is 70.9 Å². The smallest absolute Gasteiger partial charge is 0.247 e. The van der Waals surface area contributed by atoms with Crippen LogP contribution in [-0.4, -0.2) is 95.4 Å². The second-order valence-corrected chi connectivity index (χ2v) is 7.82. The molecule has 1 unspecified atom stereocenters. The normalized spacial score (nSPS) is 23.0. The molecule has 7 heteroatoms. The number of hydrogen-bond donors (Lipinski definition) is 0. The van der Waals surface area contributed by atoms with Gasteiger partial charge in [0.1, 0.15) is 6.04 Å². The van der Waals surface area contributed by atoms with Gasteiger partial charge >= 0.3 is 0 Å². The van der Waals surface area contributed by atoms with Gasteiger partial charge in [-0.3, -0.25) is 19.4 Å². The van der Waals surface area contributed by atoms with Crippen LogP contribution in [0.3, 0.4) is 0 Å². The summed E-state index contributed by atoms with van der Waals surface area (Å²) in [4.78, 5) is 32.3. The van der Waals surface area contributed by atoms with Gasteiger partial charge in [0, 0.05) is 57.9 Å². The maximum atomic E-state index is 12.6. The average Bonchev–Trinajstić information content (AvgIpc) is 2.72. The summed E-state index contributed by atoms with van der Waals surface area (Å²) in [6, 6.07) is 2.56. The molecule has 0 radical (unpaired) electrons. The third-order valence-corrected chi connectivity index (χ3v) is 5.74. The Balaban J connectivity index is 1.80. The highest BCUT2D eigenvalue weighted by Gasteiger charge is 2.30. The maximum absolute atomic E-state index is 12.6. The lowest BCUT2D eigenvalue weighted by Crippen LogP contribution is -2.55. The van der Waals surface area contributed by atoms with E-state index in [1.807, 2.05) is 11.0 Å². The lowest BCUT2D eigenvalue weighted by atomic mass is 10.1. The second kappa shape index (κ2) is 10.4. The van der Waals surface area contributed by atoms with Gasteiger partial charge in [-0.25, -0.2) is 0 Å². The summed E-state index contributed by atoms with van der Waals surface area (Å²) in [5.41, 5.74) is 0. The largest absolute Gasteiger partial charge is 0.337 e. The molecule has 0 spiro atoms. The predicted octanol–water partition coefficient (Wildman–Crippen LogP) is 1.10. The zero-order chi connectivity index (χ0) is 20.7. The molecule has 0 aromatic carbocycles. The first-order chi connectivity index (χ1) is 13.4. The van der Waals surface area contributed by atoms with Crippen molar-refractivity contribution in [2.24, 2.45) is 0 Å². The monoisotopic (exact) mass is 387 g/mol. The highest BCUT2D eigenvalue weighted by Crippen LogP contribution is 2.14. The summed E-state index contributed by atoms with van der Waals surface area (Å²) in [5, 5.41) is 9.44.